The number of nitrogens with one attached hydrogen (secondary N) is 1. The molecule has 2 aromatic carbocycles. The topological polar surface area (TPSA) is 76.6 Å². The molecule has 0 radical (unpaired) electrons. The van der Waals surface area contributed by atoms with Gasteiger partial charge in [-0.15, -0.1) is 0 Å². The first-order valence-corrected chi connectivity index (χ1v) is 10.4. The van der Waals surface area contributed by atoms with E-state index in [1.54, 1.807) is 36.1 Å². The minimum atomic E-state index is -1.05. The van der Waals surface area contributed by atoms with Gasteiger partial charge in [0.1, 0.15) is 23.0 Å². The summed E-state index contributed by atoms with van der Waals surface area (Å²) in [6.07, 6.45) is 2.31. The van der Waals surface area contributed by atoms with Crippen LogP contribution in [0.15, 0.2) is 59.2 Å². The lowest BCUT2D eigenvalue weighted by Gasteiger charge is -2.11. The van der Waals surface area contributed by atoms with E-state index in [9.17, 15) is 14.3 Å². The van der Waals surface area contributed by atoms with E-state index in [-0.39, 0.29) is 17.3 Å². The normalized spacial score (nSPS) is 11.2. The number of halogens is 2. The lowest BCUT2D eigenvalue weighted by molar-refractivity contribution is 0.0684. The van der Waals surface area contributed by atoms with Crippen molar-refractivity contribution in [3.8, 4) is 5.75 Å². The quantitative estimate of drug-likeness (QED) is 0.342. The molecule has 4 rings (SSSR count). The number of rotatable bonds is 9. The fourth-order valence-electron chi connectivity index (χ4n) is 3.82. The van der Waals surface area contributed by atoms with Gasteiger partial charge in [-0.2, -0.15) is 0 Å². The van der Waals surface area contributed by atoms with Gasteiger partial charge in [0.05, 0.1) is 18.9 Å². The summed E-state index contributed by atoms with van der Waals surface area (Å²) in [6.45, 7) is 1.16. The Kier molecular flexibility index (Phi) is 6.48. The molecule has 0 amide bonds. The molecular formula is C24H22ClFN2O4. The molecule has 8 heteroatoms. The molecule has 6 nitrogen and oxygen atoms in total. The molecule has 0 aliphatic rings. The van der Waals surface area contributed by atoms with Crippen molar-refractivity contribution in [1.29, 1.82) is 0 Å². The number of ether oxygens (including phenoxy) is 1. The number of benzene rings is 2. The van der Waals surface area contributed by atoms with Gasteiger partial charge in [-0.3, -0.25) is 0 Å². The Balaban J connectivity index is 1.73. The van der Waals surface area contributed by atoms with Gasteiger partial charge in [-0.1, -0.05) is 17.7 Å². The number of aromatic nitrogens is 1. The summed E-state index contributed by atoms with van der Waals surface area (Å²) in [5, 5.41) is 14.4. The van der Waals surface area contributed by atoms with Crippen molar-refractivity contribution in [2.45, 2.75) is 19.5 Å². The number of carbonyl (C=O) groups is 1. The molecule has 0 spiro atoms. The first-order valence-electron chi connectivity index (χ1n) is 10.1. The monoisotopic (exact) mass is 456 g/mol. The third-order valence-electron chi connectivity index (χ3n) is 5.35. The van der Waals surface area contributed by atoms with Crippen LogP contribution in [0.2, 0.25) is 5.02 Å². The first-order chi connectivity index (χ1) is 15.5. The van der Waals surface area contributed by atoms with Crippen LogP contribution in [0.25, 0.3) is 10.9 Å². The largest absolute Gasteiger partial charge is 0.497 e. The maximum Gasteiger partial charge on any atom is 0.352 e. The van der Waals surface area contributed by atoms with Crippen molar-refractivity contribution in [2.75, 3.05) is 13.7 Å². The third kappa shape index (κ3) is 4.49. The van der Waals surface area contributed by atoms with Gasteiger partial charge in [0.2, 0.25) is 0 Å². The Morgan fingerprint density at radius 2 is 2.09 bits per heavy atom. The average molecular weight is 457 g/mol. The van der Waals surface area contributed by atoms with Crippen molar-refractivity contribution in [1.82, 2.24) is 9.88 Å². The number of methoxy groups -OCH3 is 1. The van der Waals surface area contributed by atoms with Crippen LogP contribution in [0, 0.1) is 5.82 Å². The van der Waals surface area contributed by atoms with Crippen LogP contribution in [-0.4, -0.2) is 29.3 Å². The highest BCUT2D eigenvalue weighted by Crippen LogP contribution is 2.31. The van der Waals surface area contributed by atoms with Crippen LogP contribution in [0.3, 0.4) is 0 Å². The van der Waals surface area contributed by atoms with Gasteiger partial charge in [0.25, 0.3) is 0 Å². The molecule has 2 aromatic heterocycles. The van der Waals surface area contributed by atoms with Crippen LogP contribution < -0.4 is 10.1 Å². The number of nitrogens with zero attached hydrogens (tertiary/aromatic N) is 1. The van der Waals surface area contributed by atoms with Crippen LogP contribution in [0.5, 0.6) is 5.75 Å². The van der Waals surface area contributed by atoms with Gasteiger partial charge in [-0.25, -0.2) is 9.18 Å². The SMILES string of the molecule is COc1ccc2c(CNCCc3ccco3)c(C(=O)O)n(Cc3ccc(F)cc3Cl)c2c1. The number of carboxylic acid groups (broad SMARTS) is 1. The minimum Gasteiger partial charge on any atom is -0.497 e. The number of furan rings is 1. The number of hydrogen-bond donors (Lipinski definition) is 2. The Labute approximate surface area is 189 Å². The lowest BCUT2D eigenvalue weighted by Crippen LogP contribution is -2.19. The Morgan fingerprint density at radius 1 is 1.25 bits per heavy atom. The van der Waals surface area contributed by atoms with E-state index in [1.807, 2.05) is 18.2 Å². The number of aromatic carboxylic acids is 1. The molecule has 32 heavy (non-hydrogen) atoms. The van der Waals surface area contributed by atoms with Gasteiger partial charge >= 0.3 is 5.97 Å². The van der Waals surface area contributed by atoms with E-state index in [1.165, 1.54) is 12.1 Å². The molecule has 4 aromatic rings. The first kappa shape index (κ1) is 21.9. The maximum atomic E-state index is 13.5. The highest BCUT2D eigenvalue weighted by atomic mass is 35.5. The molecular weight excluding hydrogens is 435 g/mol. The summed E-state index contributed by atoms with van der Waals surface area (Å²) in [7, 11) is 1.56. The fraction of sp³-hybridized carbons (Fsp3) is 0.208. The van der Waals surface area contributed by atoms with E-state index in [2.05, 4.69) is 5.32 Å². The smallest absolute Gasteiger partial charge is 0.352 e. The van der Waals surface area contributed by atoms with Crippen LogP contribution >= 0.6 is 11.6 Å². The molecule has 0 bridgehead atoms. The molecule has 0 aliphatic carbocycles. The van der Waals surface area contributed by atoms with Crippen LogP contribution in [0.4, 0.5) is 4.39 Å². The molecule has 0 saturated heterocycles. The molecule has 2 heterocycles. The standard InChI is InChI=1S/C24H22ClFN2O4/c1-31-18-6-7-19-20(13-27-9-8-17-3-2-10-32-17)23(24(29)30)28(22(19)12-18)14-15-4-5-16(26)11-21(15)25/h2-7,10-12,27H,8-9,13-14H2,1H3,(H,29,30). The van der Waals surface area contributed by atoms with Crippen molar-refractivity contribution in [3.63, 3.8) is 0 Å². The minimum absolute atomic E-state index is 0.152. The van der Waals surface area contributed by atoms with Crippen LogP contribution in [0.1, 0.15) is 27.4 Å². The summed E-state index contributed by atoms with van der Waals surface area (Å²) >= 11 is 6.23. The summed E-state index contributed by atoms with van der Waals surface area (Å²) in [4.78, 5) is 12.3. The lowest BCUT2D eigenvalue weighted by atomic mass is 10.1. The third-order valence-corrected chi connectivity index (χ3v) is 5.70. The molecule has 166 valence electrons. The Hall–Kier alpha value is -3.29. The zero-order valence-electron chi connectivity index (χ0n) is 17.4. The Bertz CT molecular complexity index is 1250. The second kappa shape index (κ2) is 9.46. The predicted octanol–water partition coefficient (Wildman–Crippen LogP) is 5.11. The van der Waals surface area contributed by atoms with Gasteiger partial charge in [0.15, 0.2) is 0 Å². The van der Waals surface area contributed by atoms with Gasteiger partial charge < -0.3 is 24.1 Å². The summed E-state index contributed by atoms with van der Waals surface area (Å²) < 4.78 is 25.9. The second-order valence-corrected chi connectivity index (χ2v) is 7.75. The molecule has 0 fully saturated rings. The van der Waals surface area contributed by atoms with Crippen molar-refractivity contribution < 1.29 is 23.4 Å². The van der Waals surface area contributed by atoms with Crippen LogP contribution in [-0.2, 0) is 19.5 Å². The predicted molar refractivity (Wildman–Crippen MR) is 120 cm³/mol. The van der Waals surface area contributed by atoms with E-state index in [4.69, 9.17) is 20.8 Å². The van der Waals surface area contributed by atoms with Crippen molar-refractivity contribution in [3.05, 3.63) is 88.2 Å². The molecule has 2 N–H and O–H groups in total. The number of fused-ring (bicyclic) bond motifs is 1. The van der Waals surface area contributed by atoms with Gasteiger partial charge in [0, 0.05) is 48.1 Å². The molecule has 0 unspecified atom stereocenters. The van der Waals surface area contributed by atoms with E-state index >= 15 is 0 Å². The molecule has 0 aliphatic heterocycles. The zero-order chi connectivity index (χ0) is 22.7. The number of carboxylic acids is 1. The summed E-state index contributed by atoms with van der Waals surface area (Å²) in [5.41, 5.74) is 2.13. The highest BCUT2D eigenvalue weighted by Gasteiger charge is 2.23. The second-order valence-electron chi connectivity index (χ2n) is 7.34. The fourth-order valence-corrected chi connectivity index (χ4v) is 4.04. The number of hydrogen-bond acceptors (Lipinski definition) is 4. The van der Waals surface area contributed by atoms with Crippen molar-refractivity contribution in [2.24, 2.45) is 0 Å². The van der Waals surface area contributed by atoms with Crippen molar-refractivity contribution >= 4 is 28.5 Å². The molecule has 0 saturated carbocycles. The van der Waals surface area contributed by atoms with E-state index in [0.717, 1.165) is 11.1 Å². The van der Waals surface area contributed by atoms with Gasteiger partial charge in [-0.05, 0) is 42.0 Å². The average Bonchev–Trinajstić information content (AvgIpc) is 3.39. The summed E-state index contributed by atoms with van der Waals surface area (Å²) in [6, 6.07) is 13.3. The summed E-state index contributed by atoms with van der Waals surface area (Å²) in [5.74, 6) is -0.0382. The maximum absolute atomic E-state index is 13.5. The van der Waals surface area contributed by atoms with E-state index < -0.39 is 11.8 Å². The highest BCUT2D eigenvalue weighted by molar-refractivity contribution is 6.31. The molecule has 0 atom stereocenters. The Morgan fingerprint density at radius 3 is 2.78 bits per heavy atom. The van der Waals surface area contributed by atoms with E-state index in [0.29, 0.717) is 41.9 Å². The zero-order valence-corrected chi connectivity index (χ0v) is 18.2.